The summed E-state index contributed by atoms with van der Waals surface area (Å²) in [6, 6.07) is 18.3. The van der Waals surface area contributed by atoms with Crippen molar-refractivity contribution in [2.24, 2.45) is 0 Å². The number of carbonyl (C=O) groups excluding carboxylic acids is 2. The molecule has 0 fully saturated rings. The van der Waals surface area contributed by atoms with Crippen molar-refractivity contribution in [2.75, 3.05) is 6.61 Å². The van der Waals surface area contributed by atoms with Gasteiger partial charge < -0.3 is 20.0 Å². The molecule has 1 aromatic heterocycles. The third kappa shape index (κ3) is 3.96. The number of nitrogens with one attached hydrogen (secondary N) is 1. The van der Waals surface area contributed by atoms with Gasteiger partial charge >= 0.3 is 6.09 Å². The highest BCUT2D eigenvalue weighted by atomic mass is 16.5. The average molecular weight is 387 g/mol. The summed E-state index contributed by atoms with van der Waals surface area (Å²) in [6.07, 6.45) is 2.43. The molecule has 6 heteroatoms. The number of ether oxygens (including phenoxy) is 1. The fraction of sp³-hybridized carbons (Fsp3) is 0.174. The first-order chi connectivity index (χ1) is 14.1. The minimum Gasteiger partial charge on any atom is -0.548 e. The molecule has 0 aliphatic heterocycles. The maximum atomic E-state index is 12.3. The van der Waals surface area contributed by atoms with Crippen LogP contribution in [0.15, 0.2) is 73.1 Å². The number of aromatic nitrogens is 1. The zero-order chi connectivity index (χ0) is 20.2. The van der Waals surface area contributed by atoms with Crippen LogP contribution in [0.3, 0.4) is 0 Å². The minimum absolute atomic E-state index is 0.0698. The van der Waals surface area contributed by atoms with Gasteiger partial charge in [-0.3, -0.25) is 4.98 Å². The van der Waals surface area contributed by atoms with E-state index in [1.54, 1.807) is 24.5 Å². The Hall–Kier alpha value is -3.67. The SMILES string of the molecule is O=C(N[C@@H](Cc1cccnc1)C(=O)[O-])OCC1c2ccccc2-c2ccccc21. The first-order valence-corrected chi connectivity index (χ1v) is 9.35. The molecule has 1 aliphatic rings. The lowest BCUT2D eigenvalue weighted by Crippen LogP contribution is -2.49. The number of fused-ring (bicyclic) bond motifs is 3. The first-order valence-electron chi connectivity index (χ1n) is 9.35. The van der Waals surface area contributed by atoms with Crippen molar-refractivity contribution in [2.45, 2.75) is 18.4 Å². The van der Waals surface area contributed by atoms with Crippen LogP contribution in [-0.2, 0) is 16.0 Å². The summed E-state index contributed by atoms with van der Waals surface area (Å²) in [5, 5.41) is 13.8. The number of alkyl carbamates (subject to hydrolysis) is 1. The van der Waals surface area contributed by atoms with Crippen molar-refractivity contribution >= 4 is 12.1 Å². The highest BCUT2D eigenvalue weighted by Crippen LogP contribution is 2.44. The van der Waals surface area contributed by atoms with Crippen LogP contribution in [0.2, 0.25) is 0 Å². The Balaban J connectivity index is 1.43. The molecule has 0 bridgehead atoms. The number of carbonyl (C=O) groups is 2. The molecular weight excluding hydrogens is 368 g/mol. The number of nitrogens with zero attached hydrogens (tertiary/aromatic N) is 1. The minimum atomic E-state index is -1.37. The third-order valence-electron chi connectivity index (χ3n) is 5.08. The Bertz CT molecular complexity index is 990. The van der Waals surface area contributed by atoms with E-state index in [-0.39, 0.29) is 18.9 Å². The molecule has 0 spiro atoms. The van der Waals surface area contributed by atoms with Gasteiger partial charge in [0.05, 0.1) is 12.0 Å². The summed E-state index contributed by atoms with van der Waals surface area (Å²) in [5.74, 6) is -1.46. The largest absolute Gasteiger partial charge is 0.548 e. The molecule has 0 saturated carbocycles. The second-order valence-electron chi connectivity index (χ2n) is 6.91. The van der Waals surface area contributed by atoms with Crippen molar-refractivity contribution < 1.29 is 19.4 Å². The Labute approximate surface area is 168 Å². The summed E-state index contributed by atoms with van der Waals surface area (Å²) >= 11 is 0. The van der Waals surface area contributed by atoms with E-state index >= 15 is 0 Å². The van der Waals surface area contributed by atoms with Gasteiger partial charge in [0, 0.05) is 18.3 Å². The van der Waals surface area contributed by atoms with Gasteiger partial charge in [-0.25, -0.2) is 4.79 Å². The van der Waals surface area contributed by atoms with Crippen LogP contribution in [0.25, 0.3) is 11.1 Å². The number of rotatable bonds is 6. The van der Waals surface area contributed by atoms with E-state index in [0.717, 1.165) is 22.3 Å². The first kappa shape index (κ1) is 18.7. The molecule has 1 heterocycles. The van der Waals surface area contributed by atoms with E-state index in [1.807, 2.05) is 48.5 Å². The van der Waals surface area contributed by atoms with Gasteiger partial charge in [-0.2, -0.15) is 0 Å². The summed E-state index contributed by atoms with van der Waals surface area (Å²) in [5.41, 5.74) is 5.12. The van der Waals surface area contributed by atoms with Gasteiger partial charge in [-0.15, -0.1) is 0 Å². The van der Waals surface area contributed by atoms with Crippen molar-refractivity contribution in [3.05, 3.63) is 89.7 Å². The Morgan fingerprint density at radius 2 is 1.66 bits per heavy atom. The third-order valence-corrected chi connectivity index (χ3v) is 5.08. The highest BCUT2D eigenvalue weighted by molar-refractivity contribution is 5.80. The predicted molar refractivity (Wildman–Crippen MR) is 105 cm³/mol. The summed E-state index contributed by atoms with van der Waals surface area (Å²) in [7, 11) is 0. The lowest BCUT2D eigenvalue weighted by atomic mass is 9.98. The number of benzene rings is 2. The summed E-state index contributed by atoms with van der Waals surface area (Å²) < 4.78 is 5.40. The normalized spacial score (nSPS) is 13.2. The zero-order valence-electron chi connectivity index (χ0n) is 15.6. The van der Waals surface area contributed by atoms with E-state index in [0.29, 0.717) is 5.56 Å². The molecular formula is C23H19N2O4-. The topological polar surface area (TPSA) is 91.4 Å². The van der Waals surface area contributed by atoms with E-state index in [9.17, 15) is 14.7 Å². The maximum absolute atomic E-state index is 12.3. The Morgan fingerprint density at radius 1 is 1.00 bits per heavy atom. The smallest absolute Gasteiger partial charge is 0.407 e. The van der Waals surface area contributed by atoms with E-state index < -0.39 is 18.1 Å². The molecule has 0 saturated heterocycles. The molecule has 1 N–H and O–H groups in total. The molecule has 29 heavy (non-hydrogen) atoms. The zero-order valence-corrected chi connectivity index (χ0v) is 15.6. The van der Waals surface area contributed by atoms with Crippen molar-refractivity contribution in [3.8, 4) is 11.1 Å². The molecule has 1 amide bonds. The van der Waals surface area contributed by atoms with Gasteiger partial charge in [0.2, 0.25) is 0 Å². The molecule has 2 aromatic carbocycles. The van der Waals surface area contributed by atoms with Gasteiger partial charge in [0.15, 0.2) is 0 Å². The molecule has 146 valence electrons. The van der Waals surface area contributed by atoms with Gasteiger partial charge in [-0.1, -0.05) is 54.6 Å². The average Bonchev–Trinajstić information content (AvgIpc) is 3.06. The van der Waals surface area contributed by atoms with Crippen molar-refractivity contribution in [1.29, 1.82) is 0 Å². The Kier molecular flexibility index (Phi) is 5.24. The lowest BCUT2D eigenvalue weighted by Gasteiger charge is -2.20. The van der Waals surface area contributed by atoms with Gasteiger partial charge in [-0.05, 0) is 40.3 Å². The van der Waals surface area contributed by atoms with Crippen LogP contribution >= 0.6 is 0 Å². The number of amides is 1. The fourth-order valence-corrected chi connectivity index (χ4v) is 3.73. The molecule has 1 aliphatic carbocycles. The van der Waals surface area contributed by atoms with Crippen molar-refractivity contribution in [1.82, 2.24) is 10.3 Å². The maximum Gasteiger partial charge on any atom is 0.407 e. The molecule has 6 nitrogen and oxygen atoms in total. The number of carboxylic acids is 1. The number of hydrogen-bond donors (Lipinski definition) is 1. The lowest BCUT2D eigenvalue weighted by molar-refractivity contribution is -0.308. The fourth-order valence-electron chi connectivity index (χ4n) is 3.73. The molecule has 3 aromatic rings. The van der Waals surface area contributed by atoms with Crippen LogP contribution in [-0.4, -0.2) is 29.7 Å². The Morgan fingerprint density at radius 3 is 2.24 bits per heavy atom. The highest BCUT2D eigenvalue weighted by Gasteiger charge is 2.29. The van der Waals surface area contributed by atoms with Crippen LogP contribution < -0.4 is 10.4 Å². The number of carboxylic acid groups (broad SMARTS) is 1. The van der Waals surface area contributed by atoms with Gasteiger partial charge in [0.1, 0.15) is 6.61 Å². The van der Waals surface area contributed by atoms with E-state index in [4.69, 9.17) is 4.74 Å². The second kappa shape index (κ2) is 8.14. The summed E-state index contributed by atoms with van der Waals surface area (Å²) in [4.78, 5) is 27.7. The van der Waals surface area contributed by atoms with Crippen LogP contribution in [0, 0.1) is 0 Å². The standard InChI is InChI=1S/C23H20N2O4/c26-22(27)21(12-15-6-5-11-24-13-15)25-23(28)29-14-20-18-9-3-1-7-16(18)17-8-2-4-10-19(17)20/h1-11,13,20-21H,12,14H2,(H,25,28)(H,26,27)/p-1/t21-/m0/s1. The monoisotopic (exact) mass is 387 g/mol. The molecule has 4 rings (SSSR count). The van der Waals surface area contributed by atoms with Gasteiger partial charge in [0.25, 0.3) is 0 Å². The van der Waals surface area contributed by atoms with Crippen molar-refractivity contribution in [3.63, 3.8) is 0 Å². The number of pyridine rings is 1. The quantitative estimate of drug-likeness (QED) is 0.701. The molecule has 0 radical (unpaired) electrons. The molecule has 1 atom stereocenters. The number of aliphatic carboxylic acids is 1. The second-order valence-corrected chi connectivity index (χ2v) is 6.91. The van der Waals surface area contributed by atoms with Crippen LogP contribution in [0.4, 0.5) is 4.79 Å². The number of hydrogen-bond acceptors (Lipinski definition) is 5. The molecule has 0 unspecified atom stereocenters. The summed E-state index contributed by atoms with van der Waals surface area (Å²) in [6.45, 7) is 0.118. The van der Waals surface area contributed by atoms with E-state index in [2.05, 4.69) is 10.3 Å². The van der Waals surface area contributed by atoms with Crippen LogP contribution in [0.5, 0.6) is 0 Å². The van der Waals surface area contributed by atoms with Crippen LogP contribution in [0.1, 0.15) is 22.6 Å². The van der Waals surface area contributed by atoms with E-state index in [1.165, 1.54) is 0 Å². The predicted octanol–water partition coefficient (Wildman–Crippen LogP) is 2.28.